The fourth-order valence-electron chi connectivity index (χ4n) is 2.32. The minimum atomic E-state index is -0.0522. The van der Waals surface area contributed by atoms with Gasteiger partial charge in [0.2, 0.25) is 0 Å². The molecule has 3 rings (SSSR count). The third kappa shape index (κ3) is 3.20. The normalized spacial score (nSPS) is 19.7. The van der Waals surface area contributed by atoms with E-state index < -0.39 is 0 Å². The van der Waals surface area contributed by atoms with Crippen LogP contribution in [0.1, 0.15) is 22.5 Å². The predicted molar refractivity (Wildman–Crippen MR) is 77.6 cm³/mol. The van der Waals surface area contributed by atoms with Crippen molar-refractivity contribution in [1.29, 1.82) is 0 Å². The first-order valence-corrected chi connectivity index (χ1v) is 8.12. The minimum absolute atomic E-state index is 0.0522. The second-order valence-electron chi connectivity index (χ2n) is 4.70. The Bertz CT molecular complexity index is 524. The van der Waals surface area contributed by atoms with E-state index in [2.05, 4.69) is 32.0 Å². The number of hydrogen-bond donors (Lipinski definition) is 1. The molecule has 1 N–H and O–H groups in total. The van der Waals surface area contributed by atoms with Gasteiger partial charge < -0.3 is 5.32 Å². The van der Waals surface area contributed by atoms with Crippen molar-refractivity contribution in [3.05, 3.63) is 39.0 Å². The van der Waals surface area contributed by atoms with Crippen molar-refractivity contribution >= 4 is 28.6 Å². The summed E-state index contributed by atoms with van der Waals surface area (Å²) in [7, 11) is 0. The molecule has 1 atom stereocenters. The van der Waals surface area contributed by atoms with Crippen molar-refractivity contribution in [2.75, 3.05) is 13.1 Å². The van der Waals surface area contributed by atoms with Gasteiger partial charge in [0.15, 0.2) is 0 Å². The van der Waals surface area contributed by atoms with E-state index in [1.165, 1.54) is 16.9 Å². The lowest BCUT2D eigenvalue weighted by molar-refractivity contribution is 0.0933. The fourth-order valence-corrected chi connectivity index (χ4v) is 3.51. The van der Waals surface area contributed by atoms with Crippen molar-refractivity contribution in [3.8, 4) is 0 Å². The Morgan fingerprint density at radius 1 is 1.47 bits per heavy atom. The van der Waals surface area contributed by atoms with Crippen molar-refractivity contribution in [2.24, 2.45) is 0 Å². The molecule has 0 saturated carbocycles. The minimum Gasteiger partial charge on any atom is -0.347 e. The highest BCUT2D eigenvalue weighted by Gasteiger charge is 2.24. The molecule has 0 aromatic carbocycles. The van der Waals surface area contributed by atoms with E-state index in [-0.39, 0.29) is 11.9 Å². The van der Waals surface area contributed by atoms with Crippen LogP contribution in [0.5, 0.6) is 0 Å². The van der Waals surface area contributed by atoms with Crippen molar-refractivity contribution in [1.82, 2.24) is 15.2 Å². The molecule has 0 radical (unpaired) electrons. The number of hydrogen-bond acceptors (Lipinski definition) is 5. The number of nitrogens with one attached hydrogen (secondary N) is 1. The van der Waals surface area contributed by atoms with Crippen LogP contribution >= 0.6 is 22.7 Å². The summed E-state index contributed by atoms with van der Waals surface area (Å²) in [5, 5.41) is 9.13. The molecule has 4 nitrogen and oxygen atoms in total. The van der Waals surface area contributed by atoms with Gasteiger partial charge in [0.25, 0.3) is 5.91 Å². The second-order valence-corrected chi connectivity index (χ2v) is 6.20. The van der Waals surface area contributed by atoms with Crippen molar-refractivity contribution < 1.29 is 4.79 Å². The first-order valence-electron chi connectivity index (χ1n) is 6.24. The third-order valence-electron chi connectivity index (χ3n) is 3.26. The quantitative estimate of drug-likeness (QED) is 0.940. The fraction of sp³-hybridized carbons (Fsp3) is 0.385. The number of carbonyl (C=O) groups excluding carboxylic acids is 1. The molecule has 19 heavy (non-hydrogen) atoms. The molecule has 100 valence electrons. The second kappa shape index (κ2) is 5.81. The molecule has 1 fully saturated rings. The van der Waals surface area contributed by atoms with Crippen LogP contribution in [0.3, 0.4) is 0 Å². The summed E-state index contributed by atoms with van der Waals surface area (Å²) in [6.45, 7) is 2.94. The van der Waals surface area contributed by atoms with Gasteiger partial charge in [-0.05, 0) is 28.8 Å². The van der Waals surface area contributed by atoms with E-state index in [4.69, 9.17) is 0 Å². The third-order valence-corrected chi connectivity index (χ3v) is 4.58. The van der Waals surface area contributed by atoms with Gasteiger partial charge in [-0.15, -0.1) is 11.3 Å². The van der Waals surface area contributed by atoms with Gasteiger partial charge in [-0.3, -0.25) is 9.69 Å². The average molecular weight is 293 g/mol. The Kier molecular flexibility index (Phi) is 3.91. The lowest BCUT2D eigenvalue weighted by Gasteiger charge is -2.15. The first kappa shape index (κ1) is 12.8. The molecule has 1 unspecified atom stereocenters. The van der Waals surface area contributed by atoms with Crippen LogP contribution in [0.4, 0.5) is 0 Å². The van der Waals surface area contributed by atoms with Gasteiger partial charge in [-0.25, -0.2) is 4.98 Å². The molecule has 0 bridgehead atoms. The Morgan fingerprint density at radius 3 is 3.16 bits per heavy atom. The number of aromatic nitrogens is 1. The predicted octanol–water partition coefficient (Wildman–Crippen LogP) is 2.21. The highest BCUT2D eigenvalue weighted by atomic mass is 32.1. The number of nitrogens with zero attached hydrogens (tertiary/aromatic N) is 2. The molecule has 1 saturated heterocycles. The molecular weight excluding hydrogens is 278 g/mol. The largest absolute Gasteiger partial charge is 0.347 e. The van der Waals surface area contributed by atoms with Gasteiger partial charge in [-0.1, -0.05) is 0 Å². The maximum absolute atomic E-state index is 11.9. The summed E-state index contributed by atoms with van der Waals surface area (Å²) in [6.07, 6.45) is 1.01. The standard InChI is InChI=1S/C13H15N3OS2/c17-13(12-8-19-9-14-12)15-11-1-3-16(6-11)5-10-2-4-18-7-10/h2,4,7-9,11H,1,3,5-6H2,(H,15,17). The number of thiophene rings is 1. The van der Waals surface area contributed by atoms with Gasteiger partial charge >= 0.3 is 0 Å². The van der Waals surface area contributed by atoms with E-state index in [1.54, 1.807) is 22.2 Å². The van der Waals surface area contributed by atoms with Gasteiger partial charge in [-0.2, -0.15) is 11.3 Å². The monoisotopic (exact) mass is 293 g/mol. The van der Waals surface area contributed by atoms with E-state index in [1.807, 2.05) is 0 Å². The zero-order valence-corrected chi connectivity index (χ0v) is 12.0. The van der Waals surface area contributed by atoms with E-state index >= 15 is 0 Å². The molecule has 1 amide bonds. The number of amides is 1. The SMILES string of the molecule is O=C(NC1CCN(Cc2ccsc2)C1)c1cscn1. The number of carbonyl (C=O) groups is 1. The van der Waals surface area contributed by atoms with Gasteiger partial charge in [0, 0.05) is 31.1 Å². The maximum Gasteiger partial charge on any atom is 0.271 e. The Labute approximate surface area is 120 Å². The number of thiazole rings is 1. The number of likely N-dealkylation sites (tertiary alicyclic amines) is 1. The van der Waals surface area contributed by atoms with Crippen LogP contribution in [0.15, 0.2) is 27.7 Å². The van der Waals surface area contributed by atoms with Crippen LogP contribution in [0, 0.1) is 0 Å². The molecule has 1 aliphatic heterocycles. The Morgan fingerprint density at radius 2 is 2.42 bits per heavy atom. The maximum atomic E-state index is 11.9. The molecule has 0 aliphatic carbocycles. The smallest absolute Gasteiger partial charge is 0.271 e. The van der Waals surface area contributed by atoms with Crippen LogP contribution in [-0.2, 0) is 6.54 Å². The lowest BCUT2D eigenvalue weighted by atomic mass is 10.2. The molecule has 2 aromatic heterocycles. The van der Waals surface area contributed by atoms with Crippen molar-refractivity contribution in [2.45, 2.75) is 19.0 Å². The van der Waals surface area contributed by atoms with Gasteiger partial charge in [0.1, 0.15) is 5.69 Å². The topological polar surface area (TPSA) is 45.2 Å². The van der Waals surface area contributed by atoms with Gasteiger partial charge in [0.05, 0.1) is 5.51 Å². The van der Waals surface area contributed by atoms with E-state index in [0.29, 0.717) is 5.69 Å². The zero-order valence-electron chi connectivity index (χ0n) is 10.4. The number of rotatable bonds is 4. The van der Waals surface area contributed by atoms with Crippen molar-refractivity contribution in [3.63, 3.8) is 0 Å². The van der Waals surface area contributed by atoms with E-state index in [0.717, 1.165) is 26.1 Å². The summed E-state index contributed by atoms with van der Waals surface area (Å²) >= 11 is 3.18. The Hall–Kier alpha value is -1.24. The molecule has 6 heteroatoms. The summed E-state index contributed by atoms with van der Waals surface area (Å²) in [6, 6.07) is 2.40. The first-order chi connectivity index (χ1) is 9.31. The average Bonchev–Trinajstić information content (AvgIpc) is 3.10. The molecule has 1 aliphatic rings. The highest BCUT2D eigenvalue weighted by Crippen LogP contribution is 2.15. The Balaban J connectivity index is 1.50. The van der Waals surface area contributed by atoms with Crippen LogP contribution < -0.4 is 5.32 Å². The van der Waals surface area contributed by atoms with Crippen LogP contribution in [0.2, 0.25) is 0 Å². The summed E-state index contributed by atoms with van der Waals surface area (Å²) in [5.41, 5.74) is 3.57. The summed E-state index contributed by atoms with van der Waals surface area (Å²) in [5.74, 6) is -0.0522. The molecular formula is C13H15N3OS2. The molecule has 0 spiro atoms. The molecule has 3 heterocycles. The highest BCUT2D eigenvalue weighted by molar-refractivity contribution is 7.08. The van der Waals surface area contributed by atoms with Crippen LogP contribution in [-0.4, -0.2) is 34.9 Å². The molecule has 2 aromatic rings. The zero-order chi connectivity index (χ0) is 13.1. The summed E-state index contributed by atoms with van der Waals surface area (Å²) in [4.78, 5) is 18.3. The van der Waals surface area contributed by atoms with E-state index in [9.17, 15) is 4.79 Å². The lowest BCUT2D eigenvalue weighted by Crippen LogP contribution is -2.37. The summed E-state index contributed by atoms with van der Waals surface area (Å²) < 4.78 is 0. The van der Waals surface area contributed by atoms with Crippen LogP contribution in [0.25, 0.3) is 0 Å².